The summed E-state index contributed by atoms with van der Waals surface area (Å²) in [5.41, 5.74) is 3.00. The zero-order valence-corrected chi connectivity index (χ0v) is 15.8. The van der Waals surface area contributed by atoms with Crippen LogP contribution in [0.5, 0.6) is 5.75 Å². The van der Waals surface area contributed by atoms with Crippen molar-refractivity contribution in [2.24, 2.45) is 11.0 Å². The SMILES string of the molecule is CC(C)CCOc1ccc(C(=O)NN=Cc2cc([N+](=O)[O-])ccc2Cl)cc1. The highest BCUT2D eigenvalue weighted by molar-refractivity contribution is 6.33. The maximum Gasteiger partial charge on any atom is 0.271 e. The molecule has 0 heterocycles. The van der Waals surface area contributed by atoms with E-state index in [0.717, 1.165) is 6.42 Å². The second kappa shape index (κ2) is 9.68. The molecular weight excluding hydrogens is 370 g/mol. The minimum Gasteiger partial charge on any atom is -0.494 e. The van der Waals surface area contributed by atoms with Gasteiger partial charge in [-0.2, -0.15) is 5.10 Å². The van der Waals surface area contributed by atoms with E-state index in [1.807, 2.05) is 0 Å². The fourth-order valence-electron chi connectivity index (χ4n) is 2.08. The van der Waals surface area contributed by atoms with Gasteiger partial charge in [-0.15, -0.1) is 0 Å². The average Bonchev–Trinajstić information content (AvgIpc) is 2.63. The first-order valence-corrected chi connectivity index (χ1v) is 8.75. The summed E-state index contributed by atoms with van der Waals surface area (Å²) in [7, 11) is 0. The van der Waals surface area contributed by atoms with Crippen LogP contribution in [0.2, 0.25) is 5.02 Å². The number of nitrogens with one attached hydrogen (secondary N) is 1. The summed E-state index contributed by atoms with van der Waals surface area (Å²) in [5.74, 6) is 0.841. The van der Waals surface area contributed by atoms with Crippen molar-refractivity contribution in [1.82, 2.24) is 5.43 Å². The second-order valence-corrected chi connectivity index (χ2v) is 6.62. The number of hydrogen-bond donors (Lipinski definition) is 1. The number of amides is 1. The smallest absolute Gasteiger partial charge is 0.271 e. The number of rotatable bonds is 8. The molecule has 0 bridgehead atoms. The molecule has 0 fully saturated rings. The van der Waals surface area contributed by atoms with E-state index in [2.05, 4.69) is 24.4 Å². The molecule has 0 saturated heterocycles. The summed E-state index contributed by atoms with van der Waals surface area (Å²) in [5, 5.41) is 14.9. The summed E-state index contributed by atoms with van der Waals surface area (Å²) in [4.78, 5) is 22.4. The highest BCUT2D eigenvalue weighted by Gasteiger charge is 2.09. The van der Waals surface area contributed by atoms with Crippen LogP contribution in [0, 0.1) is 16.0 Å². The molecule has 27 heavy (non-hydrogen) atoms. The van der Waals surface area contributed by atoms with Gasteiger partial charge in [0.1, 0.15) is 5.75 Å². The molecule has 2 aromatic rings. The molecule has 1 amide bonds. The van der Waals surface area contributed by atoms with Gasteiger partial charge in [-0.05, 0) is 42.7 Å². The standard InChI is InChI=1S/C19H20ClN3O4/c1-13(2)9-10-27-17-6-3-14(4-7-17)19(24)22-21-12-15-11-16(23(25)26)5-8-18(15)20/h3-8,11-13H,9-10H2,1-2H3,(H,22,24). The second-order valence-electron chi connectivity index (χ2n) is 6.22. The number of hydrazone groups is 1. The Morgan fingerprint density at radius 1 is 1.30 bits per heavy atom. The summed E-state index contributed by atoms with van der Waals surface area (Å²) in [6.07, 6.45) is 2.22. The monoisotopic (exact) mass is 389 g/mol. The van der Waals surface area contributed by atoms with Crippen molar-refractivity contribution in [2.45, 2.75) is 20.3 Å². The normalized spacial score (nSPS) is 11.0. The van der Waals surface area contributed by atoms with E-state index in [1.165, 1.54) is 24.4 Å². The molecule has 142 valence electrons. The largest absolute Gasteiger partial charge is 0.494 e. The van der Waals surface area contributed by atoms with Crippen molar-refractivity contribution in [3.8, 4) is 5.75 Å². The van der Waals surface area contributed by atoms with E-state index >= 15 is 0 Å². The first-order valence-electron chi connectivity index (χ1n) is 8.37. The topological polar surface area (TPSA) is 93.8 Å². The Bertz CT molecular complexity index is 835. The zero-order chi connectivity index (χ0) is 19.8. The van der Waals surface area contributed by atoms with Crippen molar-refractivity contribution < 1.29 is 14.5 Å². The highest BCUT2D eigenvalue weighted by atomic mass is 35.5. The zero-order valence-electron chi connectivity index (χ0n) is 15.0. The first-order chi connectivity index (χ1) is 12.9. The van der Waals surface area contributed by atoms with E-state index in [-0.39, 0.29) is 5.69 Å². The molecule has 0 aliphatic rings. The predicted octanol–water partition coefficient (Wildman–Crippen LogP) is 4.44. The van der Waals surface area contributed by atoms with Gasteiger partial charge in [0.15, 0.2) is 0 Å². The van der Waals surface area contributed by atoms with Gasteiger partial charge in [0.2, 0.25) is 0 Å². The fraction of sp³-hybridized carbons (Fsp3) is 0.263. The van der Waals surface area contributed by atoms with Gasteiger partial charge < -0.3 is 4.74 Å². The van der Waals surface area contributed by atoms with Crippen molar-refractivity contribution in [3.63, 3.8) is 0 Å². The Balaban J connectivity index is 1.94. The predicted molar refractivity (Wildman–Crippen MR) is 105 cm³/mol. The van der Waals surface area contributed by atoms with E-state index < -0.39 is 10.8 Å². The quantitative estimate of drug-likeness (QED) is 0.410. The van der Waals surface area contributed by atoms with Gasteiger partial charge in [-0.25, -0.2) is 5.43 Å². The number of non-ortho nitro benzene ring substituents is 1. The number of ether oxygens (including phenoxy) is 1. The van der Waals surface area contributed by atoms with Crippen LogP contribution >= 0.6 is 11.6 Å². The Kier molecular flexibility index (Phi) is 7.31. The van der Waals surface area contributed by atoms with Crippen molar-refractivity contribution >= 4 is 29.4 Å². The molecule has 0 aliphatic heterocycles. The number of carbonyl (C=O) groups is 1. The number of benzene rings is 2. The number of nitro benzene ring substituents is 1. The van der Waals surface area contributed by atoms with Crippen LogP contribution in [0.1, 0.15) is 36.2 Å². The minimum absolute atomic E-state index is 0.111. The summed E-state index contributed by atoms with van der Waals surface area (Å²) >= 11 is 5.97. The first kappa shape index (κ1) is 20.4. The van der Waals surface area contributed by atoms with Gasteiger partial charge in [0.25, 0.3) is 11.6 Å². The van der Waals surface area contributed by atoms with Crippen molar-refractivity contribution in [3.05, 3.63) is 68.7 Å². The molecule has 0 radical (unpaired) electrons. The molecule has 8 heteroatoms. The van der Waals surface area contributed by atoms with Gasteiger partial charge in [-0.3, -0.25) is 14.9 Å². The molecule has 0 aromatic heterocycles. The molecule has 0 unspecified atom stereocenters. The van der Waals surface area contributed by atoms with Crippen LogP contribution in [0.15, 0.2) is 47.6 Å². The fourth-order valence-corrected chi connectivity index (χ4v) is 2.25. The molecule has 0 atom stereocenters. The number of carbonyl (C=O) groups excluding carboxylic acids is 1. The molecule has 0 aliphatic carbocycles. The number of hydrogen-bond acceptors (Lipinski definition) is 5. The lowest BCUT2D eigenvalue weighted by atomic mass is 10.1. The van der Waals surface area contributed by atoms with Crippen molar-refractivity contribution in [2.75, 3.05) is 6.61 Å². The van der Waals surface area contributed by atoms with Crippen molar-refractivity contribution in [1.29, 1.82) is 0 Å². The van der Waals surface area contributed by atoms with Gasteiger partial charge in [0.05, 0.1) is 17.7 Å². The number of nitrogens with zero attached hydrogens (tertiary/aromatic N) is 2. The Morgan fingerprint density at radius 3 is 2.63 bits per heavy atom. The Labute approximate surface area is 162 Å². The van der Waals surface area contributed by atoms with E-state index in [9.17, 15) is 14.9 Å². The van der Waals surface area contributed by atoms with Crippen LogP contribution in [-0.4, -0.2) is 23.7 Å². The number of halogens is 1. The Morgan fingerprint density at radius 2 is 2.00 bits per heavy atom. The Hall–Kier alpha value is -2.93. The van der Waals surface area contributed by atoms with Crippen LogP contribution in [0.25, 0.3) is 0 Å². The minimum atomic E-state index is -0.531. The molecule has 0 spiro atoms. The number of nitro groups is 1. The van der Waals surface area contributed by atoms with E-state index in [1.54, 1.807) is 24.3 Å². The molecule has 0 saturated carbocycles. The van der Waals surface area contributed by atoms with Gasteiger partial charge >= 0.3 is 0 Å². The third-order valence-electron chi connectivity index (χ3n) is 3.64. The molecule has 2 aromatic carbocycles. The van der Waals surface area contributed by atoms with Crippen LogP contribution in [-0.2, 0) is 0 Å². The molecule has 1 N–H and O–H groups in total. The van der Waals surface area contributed by atoms with Crippen LogP contribution in [0.4, 0.5) is 5.69 Å². The highest BCUT2D eigenvalue weighted by Crippen LogP contribution is 2.20. The third-order valence-corrected chi connectivity index (χ3v) is 3.98. The van der Waals surface area contributed by atoms with E-state index in [0.29, 0.717) is 34.4 Å². The maximum atomic E-state index is 12.1. The summed E-state index contributed by atoms with van der Waals surface area (Å²) in [6.45, 7) is 4.87. The van der Waals surface area contributed by atoms with E-state index in [4.69, 9.17) is 16.3 Å². The third kappa shape index (κ3) is 6.38. The van der Waals surface area contributed by atoms with Crippen LogP contribution < -0.4 is 10.2 Å². The molecule has 7 nitrogen and oxygen atoms in total. The molecule has 2 rings (SSSR count). The summed E-state index contributed by atoms with van der Waals surface area (Å²) < 4.78 is 5.60. The lowest BCUT2D eigenvalue weighted by molar-refractivity contribution is -0.384. The lowest BCUT2D eigenvalue weighted by Crippen LogP contribution is -2.17. The summed E-state index contributed by atoms with van der Waals surface area (Å²) in [6, 6.07) is 10.7. The maximum absolute atomic E-state index is 12.1. The van der Waals surface area contributed by atoms with Gasteiger partial charge in [0, 0.05) is 28.3 Å². The average molecular weight is 390 g/mol. The van der Waals surface area contributed by atoms with Gasteiger partial charge in [-0.1, -0.05) is 25.4 Å². The van der Waals surface area contributed by atoms with Crippen LogP contribution in [0.3, 0.4) is 0 Å². The lowest BCUT2D eigenvalue weighted by Gasteiger charge is -2.08. The molecular formula is C19H20ClN3O4.